The number of hydrogen-bond acceptors (Lipinski definition) is 7. The fourth-order valence-electron chi connectivity index (χ4n) is 1.24. The van der Waals surface area contributed by atoms with Gasteiger partial charge in [-0.1, -0.05) is 11.6 Å². The zero-order valence-electron chi connectivity index (χ0n) is 9.41. The number of anilines is 2. The summed E-state index contributed by atoms with van der Waals surface area (Å²) in [6.07, 6.45) is 5.08. The van der Waals surface area contributed by atoms with Crippen molar-refractivity contribution in [1.82, 2.24) is 15.0 Å². The van der Waals surface area contributed by atoms with Gasteiger partial charge in [0, 0.05) is 6.20 Å². The summed E-state index contributed by atoms with van der Waals surface area (Å²) >= 11 is 5.82. The van der Waals surface area contributed by atoms with Gasteiger partial charge in [-0.2, -0.15) is 0 Å². The summed E-state index contributed by atoms with van der Waals surface area (Å²) in [5.41, 5.74) is 2.48. The standard InChI is InChI=1S/C9H9ClN6O2S/c10-8-1-7(4-14-9(8)15-11)19(17,18)16-6-2-12-5-13-3-6/h1-5,16H,11H2,(H,14,15). The Labute approximate surface area is 114 Å². The van der Waals surface area contributed by atoms with Gasteiger partial charge in [0.05, 0.1) is 23.1 Å². The average Bonchev–Trinajstić information content (AvgIpc) is 2.39. The van der Waals surface area contributed by atoms with Crippen LogP contribution in [0.15, 0.2) is 35.9 Å². The summed E-state index contributed by atoms with van der Waals surface area (Å²) in [5, 5.41) is 0.0923. The molecule has 2 aromatic rings. The van der Waals surface area contributed by atoms with Gasteiger partial charge < -0.3 is 5.43 Å². The molecule has 2 aromatic heterocycles. The Bertz CT molecular complexity index is 678. The van der Waals surface area contributed by atoms with E-state index in [-0.39, 0.29) is 21.4 Å². The SMILES string of the molecule is NNc1ncc(S(=O)(=O)Nc2cncnc2)cc1Cl. The van der Waals surface area contributed by atoms with Crippen molar-refractivity contribution in [2.45, 2.75) is 4.90 Å². The molecule has 10 heteroatoms. The molecule has 0 amide bonds. The molecular formula is C9H9ClN6O2S. The van der Waals surface area contributed by atoms with Crippen LogP contribution in [0.5, 0.6) is 0 Å². The van der Waals surface area contributed by atoms with Crippen molar-refractivity contribution >= 4 is 33.1 Å². The van der Waals surface area contributed by atoms with Crippen LogP contribution in [0.4, 0.5) is 11.5 Å². The van der Waals surface area contributed by atoms with E-state index in [4.69, 9.17) is 17.4 Å². The number of pyridine rings is 1. The monoisotopic (exact) mass is 300 g/mol. The molecule has 2 rings (SSSR count). The molecule has 8 nitrogen and oxygen atoms in total. The molecule has 0 saturated heterocycles. The Morgan fingerprint density at radius 3 is 2.47 bits per heavy atom. The Kier molecular flexibility index (Phi) is 3.79. The fraction of sp³-hybridized carbons (Fsp3) is 0. The number of nitrogens with one attached hydrogen (secondary N) is 2. The quantitative estimate of drug-likeness (QED) is 0.558. The third-order valence-corrected chi connectivity index (χ3v) is 3.71. The molecule has 0 aliphatic rings. The van der Waals surface area contributed by atoms with Gasteiger partial charge in [-0.25, -0.2) is 29.2 Å². The lowest BCUT2D eigenvalue weighted by Crippen LogP contribution is -2.15. The van der Waals surface area contributed by atoms with E-state index in [0.717, 1.165) is 6.20 Å². The highest BCUT2D eigenvalue weighted by Crippen LogP contribution is 2.22. The number of rotatable bonds is 4. The van der Waals surface area contributed by atoms with Crippen LogP contribution in [0.25, 0.3) is 0 Å². The first kappa shape index (κ1) is 13.5. The minimum absolute atomic E-state index is 0.0923. The second-order valence-corrected chi connectivity index (χ2v) is 5.47. The lowest BCUT2D eigenvalue weighted by molar-refractivity contribution is 0.601. The predicted molar refractivity (Wildman–Crippen MR) is 69.9 cm³/mol. The molecule has 2 heterocycles. The molecule has 0 fully saturated rings. The van der Waals surface area contributed by atoms with Crippen LogP contribution in [0.3, 0.4) is 0 Å². The molecule has 0 unspecified atom stereocenters. The molecule has 4 N–H and O–H groups in total. The first-order chi connectivity index (χ1) is 9.03. The van der Waals surface area contributed by atoms with Gasteiger partial charge >= 0.3 is 0 Å². The third kappa shape index (κ3) is 3.08. The molecule has 0 bridgehead atoms. The van der Waals surface area contributed by atoms with Crippen molar-refractivity contribution in [2.24, 2.45) is 5.84 Å². The van der Waals surface area contributed by atoms with Gasteiger partial charge in [0.25, 0.3) is 10.0 Å². The number of sulfonamides is 1. The van der Waals surface area contributed by atoms with E-state index in [9.17, 15) is 8.42 Å². The van der Waals surface area contributed by atoms with E-state index >= 15 is 0 Å². The van der Waals surface area contributed by atoms with Crippen LogP contribution < -0.4 is 16.0 Å². The zero-order chi connectivity index (χ0) is 13.9. The maximum atomic E-state index is 12.0. The van der Waals surface area contributed by atoms with Gasteiger partial charge in [0.2, 0.25) is 0 Å². The van der Waals surface area contributed by atoms with Crippen LogP contribution in [-0.2, 0) is 10.0 Å². The highest BCUT2D eigenvalue weighted by atomic mass is 35.5. The Hall–Kier alpha value is -1.97. The Morgan fingerprint density at radius 2 is 1.89 bits per heavy atom. The van der Waals surface area contributed by atoms with E-state index in [0.29, 0.717) is 0 Å². The minimum Gasteiger partial charge on any atom is -0.307 e. The summed E-state index contributed by atoms with van der Waals surface area (Å²) in [6.45, 7) is 0. The maximum Gasteiger partial charge on any atom is 0.263 e. The molecule has 0 aromatic carbocycles. The molecule has 0 radical (unpaired) electrons. The van der Waals surface area contributed by atoms with Crippen LogP contribution >= 0.6 is 11.6 Å². The number of hydrazine groups is 1. The molecule has 0 aliphatic heterocycles. The lowest BCUT2D eigenvalue weighted by atomic mass is 10.5. The maximum absolute atomic E-state index is 12.0. The number of nitrogen functional groups attached to an aromatic ring is 1. The molecular weight excluding hydrogens is 292 g/mol. The topological polar surface area (TPSA) is 123 Å². The smallest absolute Gasteiger partial charge is 0.263 e. The molecule has 0 atom stereocenters. The van der Waals surface area contributed by atoms with Gasteiger partial charge in [-0.05, 0) is 6.07 Å². The van der Waals surface area contributed by atoms with E-state index in [1.165, 1.54) is 24.8 Å². The third-order valence-electron chi connectivity index (χ3n) is 2.08. The van der Waals surface area contributed by atoms with Crippen LogP contribution in [0.2, 0.25) is 5.02 Å². The zero-order valence-corrected chi connectivity index (χ0v) is 11.0. The van der Waals surface area contributed by atoms with Gasteiger partial charge in [0.1, 0.15) is 11.2 Å². The van der Waals surface area contributed by atoms with Crippen molar-refractivity contribution < 1.29 is 8.42 Å². The fourth-order valence-corrected chi connectivity index (χ4v) is 2.52. The first-order valence-corrected chi connectivity index (χ1v) is 6.79. The number of hydrogen-bond donors (Lipinski definition) is 3. The first-order valence-electron chi connectivity index (χ1n) is 4.93. The Balaban J connectivity index is 2.32. The second-order valence-electron chi connectivity index (χ2n) is 3.38. The van der Waals surface area contributed by atoms with E-state index in [1.54, 1.807) is 0 Å². The number of aromatic nitrogens is 3. The molecule has 19 heavy (non-hydrogen) atoms. The lowest BCUT2D eigenvalue weighted by Gasteiger charge is -2.08. The number of halogens is 1. The second kappa shape index (κ2) is 5.34. The van der Waals surface area contributed by atoms with Crippen molar-refractivity contribution in [3.63, 3.8) is 0 Å². The largest absolute Gasteiger partial charge is 0.307 e. The molecule has 0 saturated carbocycles. The molecule has 0 spiro atoms. The van der Waals surface area contributed by atoms with Crippen molar-refractivity contribution in [3.8, 4) is 0 Å². The summed E-state index contributed by atoms with van der Waals surface area (Å²) in [7, 11) is -3.81. The van der Waals surface area contributed by atoms with Crippen LogP contribution in [-0.4, -0.2) is 23.4 Å². The minimum atomic E-state index is -3.81. The molecule has 0 aliphatic carbocycles. The summed E-state index contributed by atoms with van der Waals surface area (Å²) < 4.78 is 26.4. The summed E-state index contributed by atoms with van der Waals surface area (Å²) in [4.78, 5) is 11.1. The molecule has 100 valence electrons. The van der Waals surface area contributed by atoms with E-state index < -0.39 is 10.0 Å². The van der Waals surface area contributed by atoms with Crippen molar-refractivity contribution in [1.29, 1.82) is 0 Å². The van der Waals surface area contributed by atoms with Crippen molar-refractivity contribution in [3.05, 3.63) is 36.0 Å². The normalized spacial score (nSPS) is 11.1. The number of nitrogens with two attached hydrogens (primary N) is 1. The highest BCUT2D eigenvalue weighted by molar-refractivity contribution is 7.92. The van der Waals surface area contributed by atoms with Crippen LogP contribution in [0.1, 0.15) is 0 Å². The van der Waals surface area contributed by atoms with E-state index in [1.807, 2.05) is 0 Å². The van der Waals surface area contributed by atoms with Crippen LogP contribution in [0, 0.1) is 0 Å². The highest BCUT2D eigenvalue weighted by Gasteiger charge is 2.16. The Morgan fingerprint density at radius 1 is 1.21 bits per heavy atom. The predicted octanol–water partition coefficient (Wildman–Crippen LogP) is 0.611. The summed E-state index contributed by atoms with van der Waals surface area (Å²) in [6, 6.07) is 1.23. The average molecular weight is 301 g/mol. The van der Waals surface area contributed by atoms with Crippen molar-refractivity contribution in [2.75, 3.05) is 10.1 Å². The van der Waals surface area contributed by atoms with Gasteiger partial charge in [-0.15, -0.1) is 0 Å². The van der Waals surface area contributed by atoms with E-state index in [2.05, 4.69) is 25.1 Å². The summed E-state index contributed by atoms with van der Waals surface area (Å²) in [5.74, 6) is 5.34. The van der Waals surface area contributed by atoms with Gasteiger partial charge in [0.15, 0.2) is 5.82 Å². The number of nitrogens with zero attached hydrogens (tertiary/aromatic N) is 3. The van der Waals surface area contributed by atoms with Gasteiger partial charge in [-0.3, -0.25) is 4.72 Å².